The maximum absolute atomic E-state index is 8.65. The topological polar surface area (TPSA) is 47.3 Å². The Morgan fingerprint density at radius 3 is 3.09 bits per heavy atom. The summed E-state index contributed by atoms with van der Waals surface area (Å²) in [6.07, 6.45) is 2.12. The largest absolute Gasteiger partial charge is 0.395 e. The number of piperidine rings is 1. The van der Waals surface area contributed by atoms with Gasteiger partial charge in [0, 0.05) is 13.1 Å². The molecule has 0 aromatic carbocycles. The first-order valence-corrected chi connectivity index (χ1v) is 4.09. The Hall–Kier alpha value is -0.590. The molecule has 1 N–H and O–H groups in total. The van der Waals surface area contributed by atoms with Gasteiger partial charge in [0.25, 0.3) is 0 Å². The molecule has 0 aliphatic carbocycles. The number of nitriles is 1. The zero-order valence-electron chi connectivity index (χ0n) is 6.66. The number of aliphatic hydroxyl groups excluding tert-OH is 1. The summed E-state index contributed by atoms with van der Waals surface area (Å²) in [4.78, 5) is 2.15. The second-order valence-electron chi connectivity index (χ2n) is 2.99. The molecule has 0 aromatic heterocycles. The smallest absolute Gasteiger partial charge is 0.0669 e. The monoisotopic (exact) mass is 154 g/mol. The molecule has 1 aliphatic heterocycles. The predicted molar refractivity (Wildman–Crippen MR) is 41.9 cm³/mol. The lowest BCUT2D eigenvalue weighted by Gasteiger charge is -2.28. The number of likely N-dealkylation sites (tertiary alicyclic amines) is 1. The Kier molecular flexibility index (Phi) is 3.34. The summed E-state index contributed by atoms with van der Waals surface area (Å²) in [5.41, 5.74) is 0. The summed E-state index contributed by atoms with van der Waals surface area (Å²) in [6, 6.07) is 2.27. The maximum Gasteiger partial charge on any atom is 0.0669 e. The quantitative estimate of drug-likeness (QED) is 0.618. The van der Waals surface area contributed by atoms with Crippen molar-refractivity contribution in [1.82, 2.24) is 4.90 Å². The van der Waals surface area contributed by atoms with E-state index in [1.54, 1.807) is 0 Å². The number of β-amino-alcohol motifs (C(OH)–C–C–N with tert-alkyl or cyclic N) is 1. The molecule has 0 saturated carbocycles. The summed E-state index contributed by atoms with van der Waals surface area (Å²) >= 11 is 0. The van der Waals surface area contributed by atoms with E-state index in [4.69, 9.17) is 10.4 Å². The van der Waals surface area contributed by atoms with Crippen LogP contribution < -0.4 is 0 Å². The first-order chi connectivity index (χ1) is 5.36. The van der Waals surface area contributed by atoms with Crippen molar-refractivity contribution < 1.29 is 5.11 Å². The van der Waals surface area contributed by atoms with Crippen molar-refractivity contribution in [2.45, 2.75) is 12.8 Å². The molecule has 1 heterocycles. The van der Waals surface area contributed by atoms with E-state index in [-0.39, 0.29) is 12.5 Å². The average Bonchev–Trinajstić information content (AvgIpc) is 2.06. The zero-order chi connectivity index (χ0) is 8.10. The minimum Gasteiger partial charge on any atom is -0.395 e. The molecule has 3 nitrogen and oxygen atoms in total. The number of rotatable bonds is 2. The van der Waals surface area contributed by atoms with Crippen molar-refractivity contribution in [3.8, 4) is 6.07 Å². The molecule has 3 heteroatoms. The van der Waals surface area contributed by atoms with Crippen molar-refractivity contribution >= 4 is 0 Å². The molecular formula is C8H14N2O. The van der Waals surface area contributed by atoms with Crippen molar-refractivity contribution in [2.75, 3.05) is 26.2 Å². The van der Waals surface area contributed by atoms with Crippen LogP contribution in [-0.4, -0.2) is 36.2 Å². The lowest BCUT2D eigenvalue weighted by molar-refractivity contribution is 0.156. The molecule has 0 spiro atoms. The van der Waals surface area contributed by atoms with Crippen LogP contribution in [0.2, 0.25) is 0 Å². The minimum atomic E-state index is 0.190. The van der Waals surface area contributed by atoms with Crippen LogP contribution in [0.1, 0.15) is 12.8 Å². The second-order valence-corrected chi connectivity index (χ2v) is 2.99. The van der Waals surface area contributed by atoms with Gasteiger partial charge in [0.1, 0.15) is 0 Å². The third-order valence-corrected chi connectivity index (χ3v) is 2.10. The highest BCUT2D eigenvalue weighted by molar-refractivity contribution is 4.88. The van der Waals surface area contributed by atoms with Crippen LogP contribution in [0.4, 0.5) is 0 Å². The fourth-order valence-corrected chi connectivity index (χ4v) is 1.51. The van der Waals surface area contributed by atoms with Gasteiger partial charge < -0.3 is 5.11 Å². The summed E-state index contributed by atoms with van der Waals surface area (Å²) in [6.45, 7) is 2.81. The van der Waals surface area contributed by atoms with E-state index in [0.29, 0.717) is 0 Å². The van der Waals surface area contributed by atoms with Gasteiger partial charge in [-0.2, -0.15) is 5.26 Å². The molecule has 1 unspecified atom stereocenters. The van der Waals surface area contributed by atoms with Gasteiger partial charge in [-0.3, -0.25) is 4.90 Å². The Labute approximate surface area is 67.2 Å². The van der Waals surface area contributed by atoms with Crippen molar-refractivity contribution in [3.05, 3.63) is 0 Å². The Morgan fingerprint density at radius 1 is 1.64 bits per heavy atom. The summed E-state index contributed by atoms with van der Waals surface area (Å²) in [7, 11) is 0. The van der Waals surface area contributed by atoms with E-state index in [0.717, 1.165) is 32.5 Å². The van der Waals surface area contributed by atoms with Crippen LogP contribution in [0.15, 0.2) is 0 Å². The molecule has 0 aromatic rings. The molecule has 0 amide bonds. The van der Waals surface area contributed by atoms with Crippen molar-refractivity contribution in [2.24, 2.45) is 5.92 Å². The van der Waals surface area contributed by atoms with E-state index in [2.05, 4.69) is 11.0 Å². The zero-order valence-corrected chi connectivity index (χ0v) is 6.66. The highest BCUT2D eigenvalue weighted by atomic mass is 16.3. The SMILES string of the molecule is N#CC1CCCN(CCO)C1. The maximum atomic E-state index is 8.65. The van der Waals surface area contributed by atoms with Gasteiger partial charge in [-0.1, -0.05) is 0 Å². The van der Waals surface area contributed by atoms with Crippen LogP contribution in [0.25, 0.3) is 0 Å². The molecule has 1 saturated heterocycles. The van der Waals surface area contributed by atoms with Crippen molar-refractivity contribution in [3.63, 3.8) is 0 Å². The van der Waals surface area contributed by atoms with Crippen LogP contribution >= 0.6 is 0 Å². The average molecular weight is 154 g/mol. The van der Waals surface area contributed by atoms with Crippen LogP contribution in [0.5, 0.6) is 0 Å². The van der Waals surface area contributed by atoms with Crippen molar-refractivity contribution in [1.29, 1.82) is 5.26 Å². The molecule has 0 bridgehead atoms. The van der Waals surface area contributed by atoms with Crippen LogP contribution in [0.3, 0.4) is 0 Å². The normalized spacial score (nSPS) is 26.4. The highest BCUT2D eigenvalue weighted by Gasteiger charge is 2.18. The first kappa shape index (κ1) is 8.51. The highest BCUT2D eigenvalue weighted by Crippen LogP contribution is 2.14. The molecule has 11 heavy (non-hydrogen) atoms. The Bertz CT molecular complexity index is 151. The molecule has 1 fully saturated rings. The molecular weight excluding hydrogens is 140 g/mol. The van der Waals surface area contributed by atoms with Gasteiger partial charge in [-0.05, 0) is 19.4 Å². The Balaban J connectivity index is 2.29. The van der Waals surface area contributed by atoms with Gasteiger partial charge in [0.15, 0.2) is 0 Å². The Morgan fingerprint density at radius 2 is 2.45 bits per heavy atom. The van der Waals surface area contributed by atoms with Gasteiger partial charge in [0.2, 0.25) is 0 Å². The molecule has 1 atom stereocenters. The fraction of sp³-hybridized carbons (Fsp3) is 0.875. The predicted octanol–water partition coefficient (Wildman–Crippen LogP) is 0.214. The van der Waals surface area contributed by atoms with Gasteiger partial charge in [-0.15, -0.1) is 0 Å². The van der Waals surface area contributed by atoms with Gasteiger partial charge in [0.05, 0.1) is 18.6 Å². The summed E-state index contributed by atoms with van der Waals surface area (Å²) in [5, 5.41) is 17.3. The molecule has 1 aliphatic rings. The van der Waals surface area contributed by atoms with E-state index >= 15 is 0 Å². The number of nitrogens with zero attached hydrogens (tertiary/aromatic N) is 2. The lowest BCUT2D eigenvalue weighted by atomic mass is 10.00. The molecule has 0 radical (unpaired) electrons. The number of hydrogen-bond acceptors (Lipinski definition) is 3. The summed E-state index contributed by atoms with van der Waals surface area (Å²) in [5.74, 6) is 0.190. The molecule has 62 valence electrons. The van der Waals surface area contributed by atoms with Gasteiger partial charge in [-0.25, -0.2) is 0 Å². The first-order valence-electron chi connectivity index (χ1n) is 4.09. The summed E-state index contributed by atoms with van der Waals surface area (Å²) < 4.78 is 0. The number of hydrogen-bond donors (Lipinski definition) is 1. The van der Waals surface area contributed by atoms with Crippen LogP contribution in [-0.2, 0) is 0 Å². The molecule has 1 rings (SSSR count). The lowest BCUT2D eigenvalue weighted by Crippen LogP contribution is -2.36. The fourth-order valence-electron chi connectivity index (χ4n) is 1.51. The van der Waals surface area contributed by atoms with E-state index in [1.807, 2.05) is 0 Å². The standard InChI is InChI=1S/C8H14N2O/c9-6-8-2-1-3-10(7-8)4-5-11/h8,11H,1-5,7H2. The van der Waals surface area contributed by atoms with E-state index in [9.17, 15) is 0 Å². The minimum absolute atomic E-state index is 0.190. The van der Waals surface area contributed by atoms with Crippen LogP contribution in [0, 0.1) is 17.2 Å². The number of aliphatic hydroxyl groups is 1. The van der Waals surface area contributed by atoms with E-state index in [1.165, 1.54) is 0 Å². The van der Waals surface area contributed by atoms with E-state index < -0.39 is 0 Å². The third-order valence-electron chi connectivity index (χ3n) is 2.10. The van der Waals surface area contributed by atoms with Gasteiger partial charge >= 0.3 is 0 Å². The second kappa shape index (κ2) is 4.32. The third kappa shape index (κ3) is 2.49.